The van der Waals surface area contributed by atoms with Crippen LogP contribution in [0.4, 0.5) is 17.1 Å². The van der Waals surface area contributed by atoms with Crippen molar-refractivity contribution in [2.75, 3.05) is 4.90 Å². The Kier molecular flexibility index (Phi) is 7.07. The number of para-hydroxylation sites is 1. The first kappa shape index (κ1) is 28.3. The second-order valence-electron chi connectivity index (χ2n) is 12.2. The maximum Gasteiger partial charge on any atom is 0.0462 e. The lowest BCUT2D eigenvalue weighted by atomic mass is 9.98. The van der Waals surface area contributed by atoms with Crippen molar-refractivity contribution in [1.82, 2.24) is 0 Å². The number of nitrogens with zero attached hydrogens (tertiary/aromatic N) is 1. The second kappa shape index (κ2) is 12.0. The van der Waals surface area contributed by atoms with Crippen LogP contribution in [0, 0.1) is 0 Å². The van der Waals surface area contributed by atoms with Gasteiger partial charge in [-0.25, -0.2) is 0 Å². The van der Waals surface area contributed by atoms with E-state index in [0.717, 1.165) is 17.1 Å². The van der Waals surface area contributed by atoms with Crippen molar-refractivity contribution in [2.45, 2.75) is 0 Å². The van der Waals surface area contributed by atoms with E-state index in [1.807, 2.05) is 11.3 Å². The highest BCUT2D eigenvalue weighted by Gasteiger charge is 2.16. The Hall–Kier alpha value is -5.96. The van der Waals surface area contributed by atoms with Crippen LogP contribution in [-0.4, -0.2) is 0 Å². The summed E-state index contributed by atoms with van der Waals surface area (Å²) in [6.07, 6.45) is 0. The third kappa shape index (κ3) is 5.04. The summed E-state index contributed by atoms with van der Waals surface area (Å²) >= 11 is 1.89. The summed E-state index contributed by atoms with van der Waals surface area (Å²) in [4.78, 5) is 2.33. The highest BCUT2D eigenvalue weighted by Crippen LogP contribution is 2.43. The topological polar surface area (TPSA) is 3.24 Å². The van der Waals surface area contributed by atoms with E-state index < -0.39 is 0 Å². The molecule has 0 amide bonds. The molecule has 0 radical (unpaired) electrons. The zero-order valence-electron chi connectivity index (χ0n) is 26.3. The maximum atomic E-state index is 2.33. The van der Waals surface area contributed by atoms with Crippen molar-refractivity contribution >= 4 is 59.3 Å². The molecule has 0 aliphatic rings. The third-order valence-corrected chi connectivity index (χ3v) is 10.5. The Balaban J connectivity index is 1.08. The molecule has 48 heavy (non-hydrogen) atoms. The highest BCUT2D eigenvalue weighted by atomic mass is 32.1. The molecular formula is C46H31NS. The molecule has 0 saturated heterocycles. The predicted molar refractivity (Wildman–Crippen MR) is 208 cm³/mol. The molecule has 9 aromatic rings. The second-order valence-corrected chi connectivity index (χ2v) is 13.2. The fourth-order valence-electron chi connectivity index (χ4n) is 6.92. The van der Waals surface area contributed by atoms with Crippen LogP contribution in [0.1, 0.15) is 0 Å². The number of thiophene rings is 1. The zero-order chi connectivity index (χ0) is 31.9. The maximum absolute atomic E-state index is 2.33. The van der Waals surface area contributed by atoms with E-state index in [1.54, 1.807) is 0 Å². The van der Waals surface area contributed by atoms with Crippen LogP contribution in [0.3, 0.4) is 0 Å². The Morgan fingerprint density at radius 3 is 1.62 bits per heavy atom. The standard InChI is InChI=1S/C46H31NS/c1-3-11-32(12-4-1)36-14-9-15-37(31-36)33-21-26-39(27-22-33)47(38-16-5-2-6-17-38)40-28-23-35(24-29-40)42-19-10-20-43-45-41-18-8-7-13-34(41)25-30-44(45)48-46(42)43/h1-31H. The molecule has 0 unspecified atom stereocenters. The van der Waals surface area contributed by atoms with Crippen LogP contribution in [-0.2, 0) is 0 Å². The number of hydrogen-bond donors (Lipinski definition) is 0. The molecule has 1 heterocycles. The predicted octanol–water partition coefficient (Wildman–Crippen LogP) is 13.7. The summed E-state index contributed by atoms with van der Waals surface area (Å²) in [5.74, 6) is 0. The molecule has 8 aromatic carbocycles. The molecule has 0 saturated carbocycles. The summed E-state index contributed by atoms with van der Waals surface area (Å²) in [5.41, 5.74) is 10.7. The van der Waals surface area contributed by atoms with Crippen molar-refractivity contribution in [1.29, 1.82) is 0 Å². The Morgan fingerprint density at radius 2 is 0.896 bits per heavy atom. The van der Waals surface area contributed by atoms with Gasteiger partial charge in [0.15, 0.2) is 0 Å². The molecule has 226 valence electrons. The zero-order valence-corrected chi connectivity index (χ0v) is 27.1. The lowest BCUT2D eigenvalue weighted by Gasteiger charge is -2.26. The van der Waals surface area contributed by atoms with Crippen molar-refractivity contribution in [3.05, 3.63) is 188 Å². The molecule has 0 N–H and O–H groups in total. The van der Waals surface area contributed by atoms with Gasteiger partial charge in [0.2, 0.25) is 0 Å². The van der Waals surface area contributed by atoms with Gasteiger partial charge in [-0.15, -0.1) is 11.3 Å². The van der Waals surface area contributed by atoms with Crippen molar-refractivity contribution in [3.8, 4) is 33.4 Å². The largest absolute Gasteiger partial charge is 0.311 e. The molecule has 0 atom stereocenters. The molecule has 0 aliphatic carbocycles. The van der Waals surface area contributed by atoms with Gasteiger partial charge in [-0.1, -0.05) is 140 Å². The van der Waals surface area contributed by atoms with Crippen LogP contribution in [0.5, 0.6) is 0 Å². The number of fused-ring (bicyclic) bond motifs is 5. The van der Waals surface area contributed by atoms with Crippen LogP contribution in [0.15, 0.2) is 188 Å². The minimum absolute atomic E-state index is 1.12. The van der Waals surface area contributed by atoms with Gasteiger partial charge in [-0.05, 0) is 92.7 Å². The van der Waals surface area contributed by atoms with Gasteiger partial charge in [-0.3, -0.25) is 0 Å². The van der Waals surface area contributed by atoms with Crippen LogP contribution < -0.4 is 4.90 Å². The fourth-order valence-corrected chi connectivity index (χ4v) is 8.18. The van der Waals surface area contributed by atoms with E-state index in [9.17, 15) is 0 Å². The van der Waals surface area contributed by atoms with E-state index >= 15 is 0 Å². The van der Waals surface area contributed by atoms with Gasteiger partial charge in [0.25, 0.3) is 0 Å². The molecule has 0 fully saturated rings. The van der Waals surface area contributed by atoms with Gasteiger partial charge in [0.05, 0.1) is 0 Å². The summed E-state index contributed by atoms with van der Waals surface area (Å²) in [6.45, 7) is 0. The van der Waals surface area contributed by atoms with Crippen LogP contribution in [0.2, 0.25) is 0 Å². The van der Waals surface area contributed by atoms with Crippen LogP contribution in [0.25, 0.3) is 64.3 Å². The van der Waals surface area contributed by atoms with Crippen molar-refractivity contribution in [2.24, 2.45) is 0 Å². The van der Waals surface area contributed by atoms with E-state index in [-0.39, 0.29) is 0 Å². The van der Waals surface area contributed by atoms with E-state index in [1.165, 1.54) is 64.3 Å². The molecular weight excluding hydrogens is 599 g/mol. The molecule has 1 nitrogen and oxygen atoms in total. The van der Waals surface area contributed by atoms with Crippen LogP contribution >= 0.6 is 11.3 Å². The van der Waals surface area contributed by atoms with E-state index in [4.69, 9.17) is 0 Å². The molecule has 0 spiro atoms. The molecule has 9 rings (SSSR count). The minimum Gasteiger partial charge on any atom is -0.311 e. The van der Waals surface area contributed by atoms with Gasteiger partial charge < -0.3 is 4.90 Å². The average Bonchev–Trinajstić information content (AvgIpc) is 3.56. The van der Waals surface area contributed by atoms with E-state index in [0.29, 0.717) is 0 Å². The summed E-state index contributed by atoms with van der Waals surface area (Å²) in [6, 6.07) is 67.9. The first-order chi connectivity index (χ1) is 23.8. The number of hydrogen-bond acceptors (Lipinski definition) is 2. The lowest BCUT2D eigenvalue weighted by molar-refractivity contribution is 1.28. The Bertz CT molecular complexity index is 2530. The lowest BCUT2D eigenvalue weighted by Crippen LogP contribution is -2.09. The third-order valence-electron chi connectivity index (χ3n) is 9.27. The van der Waals surface area contributed by atoms with Crippen molar-refractivity contribution in [3.63, 3.8) is 0 Å². The minimum atomic E-state index is 1.12. The number of rotatable bonds is 6. The smallest absolute Gasteiger partial charge is 0.0462 e. The Morgan fingerprint density at radius 1 is 0.354 bits per heavy atom. The monoisotopic (exact) mass is 629 g/mol. The summed E-state index contributed by atoms with van der Waals surface area (Å²) in [7, 11) is 0. The molecule has 1 aromatic heterocycles. The number of benzene rings is 8. The molecule has 0 bridgehead atoms. The van der Waals surface area contributed by atoms with Crippen molar-refractivity contribution < 1.29 is 0 Å². The van der Waals surface area contributed by atoms with Gasteiger partial charge in [-0.2, -0.15) is 0 Å². The Labute approximate surface area is 284 Å². The normalized spacial score (nSPS) is 11.3. The molecule has 2 heteroatoms. The fraction of sp³-hybridized carbons (Fsp3) is 0. The summed E-state index contributed by atoms with van der Waals surface area (Å²) < 4.78 is 2.67. The van der Waals surface area contributed by atoms with Gasteiger partial charge in [0.1, 0.15) is 0 Å². The first-order valence-corrected chi connectivity index (χ1v) is 17.2. The molecule has 0 aliphatic heterocycles. The first-order valence-electron chi connectivity index (χ1n) is 16.3. The average molecular weight is 630 g/mol. The highest BCUT2D eigenvalue weighted by molar-refractivity contribution is 7.26. The van der Waals surface area contributed by atoms with Gasteiger partial charge in [0, 0.05) is 37.2 Å². The van der Waals surface area contributed by atoms with E-state index in [2.05, 4.69) is 193 Å². The quantitative estimate of drug-likeness (QED) is 0.177. The van der Waals surface area contributed by atoms with Gasteiger partial charge >= 0.3 is 0 Å². The number of anilines is 3. The summed E-state index contributed by atoms with van der Waals surface area (Å²) in [5, 5.41) is 5.29. The SMILES string of the molecule is c1ccc(-c2cccc(-c3ccc(N(c4ccccc4)c4ccc(-c5cccc6c5sc5ccc7ccccc7c56)cc4)cc3)c2)cc1.